The van der Waals surface area contributed by atoms with Gasteiger partial charge in [0.15, 0.2) is 0 Å². The summed E-state index contributed by atoms with van der Waals surface area (Å²) in [6.07, 6.45) is 1.40. The van der Waals surface area contributed by atoms with Crippen molar-refractivity contribution < 1.29 is 45.5 Å². The Labute approximate surface area is 251 Å². The highest BCUT2D eigenvalue weighted by atomic mass is 35.5. The van der Waals surface area contributed by atoms with Crippen molar-refractivity contribution in [3.63, 3.8) is 0 Å². The summed E-state index contributed by atoms with van der Waals surface area (Å²) in [7, 11) is -4.25. The molecule has 1 aromatic heterocycles. The van der Waals surface area contributed by atoms with E-state index in [-0.39, 0.29) is 61.0 Å². The molecule has 15 heteroatoms. The van der Waals surface area contributed by atoms with Crippen LogP contribution in [0.1, 0.15) is 53.2 Å². The lowest BCUT2D eigenvalue weighted by atomic mass is 10.1. The quantitative estimate of drug-likeness (QED) is 0.191. The molecule has 11 nitrogen and oxygen atoms in total. The van der Waals surface area contributed by atoms with Crippen LogP contribution in [0.2, 0.25) is 5.02 Å². The summed E-state index contributed by atoms with van der Waals surface area (Å²) < 4.78 is 66.7. The van der Waals surface area contributed by atoms with Crippen LogP contribution in [0.15, 0.2) is 58.0 Å². The predicted octanol–water partition coefficient (Wildman–Crippen LogP) is 4.50. The van der Waals surface area contributed by atoms with Crippen LogP contribution in [0.25, 0.3) is 0 Å². The Bertz CT molecular complexity index is 1550. The number of rotatable bonds is 14. The number of primary sulfonamides is 1. The zero-order valence-corrected chi connectivity index (χ0v) is 24.8. The number of anilines is 1. The third-order valence-corrected chi connectivity index (χ3v) is 7.49. The van der Waals surface area contributed by atoms with Gasteiger partial charge < -0.3 is 24.1 Å². The molecule has 2 aromatic carbocycles. The highest BCUT2D eigenvalue weighted by Crippen LogP contribution is 2.29. The first-order valence-electron chi connectivity index (χ1n) is 13.0. The number of sulfonamides is 1. The number of nitrogens with zero attached hydrogens (tertiary/aromatic N) is 1. The Morgan fingerprint density at radius 3 is 2.42 bits per heavy atom. The molecule has 3 N–H and O–H groups in total. The van der Waals surface area contributed by atoms with Gasteiger partial charge in [0.05, 0.1) is 41.7 Å². The van der Waals surface area contributed by atoms with Crippen LogP contribution in [0.4, 0.5) is 14.5 Å². The lowest BCUT2D eigenvalue weighted by Gasteiger charge is -2.28. The first-order valence-corrected chi connectivity index (χ1v) is 14.9. The van der Waals surface area contributed by atoms with Gasteiger partial charge in [-0.2, -0.15) is 0 Å². The Kier molecular flexibility index (Phi) is 11.6. The number of hydrogen-bond acceptors (Lipinski definition) is 9. The highest BCUT2D eigenvalue weighted by molar-refractivity contribution is 7.89. The lowest BCUT2D eigenvalue weighted by Crippen LogP contribution is -2.41. The summed E-state index contributed by atoms with van der Waals surface area (Å²) >= 11 is 6.08. The lowest BCUT2D eigenvalue weighted by molar-refractivity contribution is -0.145. The van der Waals surface area contributed by atoms with E-state index in [1.165, 1.54) is 17.2 Å². The Morgan fingerprint density at radius 1 is 1.12 bits per heavy atom. The van der Waals surface area contributed by atoms with Crippen molar-refractivity contribution in [3.05, 3.63) is 82.3 Å². The number of amides is 1. The molecule has 43 heavy (non-hydrogen) atoms. The van der Waals surface area contributed by atoms with E-state index in [4.69, 9.17) is 30.6 Å². The van der Waals surface area contributed by atoms with Crippen molar-refractivity contribution in [1.29, 1.82) is 0 Å². The molecule has 1 amide bonds. The van der Waals surface area contributed by atoms with Crippen molar-refractivity contribution in [3.8, 4) is 0 Å². The van der Waals surface area contributed by atoms with E-state index in [2.05, 4.69) is 5.32 Å². The van der Waals surface area contributed by atoms with Gasteiger partial charge in [-0.15, -0.1) is 0 Å². The number of benzene rings is 2. The van der Waals surface area contributed by atoms with Gasteiger partial charge in [0.2, 0.25) is 10.0 Å². The monoisotopic (exact) mass is 641 g/mol. The number of halogens is 3. The molecule has 0 fully saturated rings. The predicted molar refractivity (Wildman–Crippen MR) is 152 cm³/mol. The second-order valence-electron chi connectivity index (χ2n) is 9.33. The number of likely N-dealkylation sites (N-methyl/N-ethyl adjacent to an activating group) is 1. The van der Waals surface area contributed by atoms with Crippen molar-refractivity contribution in [2.24, 2.45) is 5.14 Å². The average Bonchev–Trinajstić information content (AvgIpc) is 3.46. The molecule has 0 aliphatic heterocycles. The maximum Gasteiger partial charge on any atom is 0.340 e. The third-order valence-electron chi connectivity index (χ3n) is 6.12. The van der Waals surface area contributed by atoms with Crippen LogP contribution < -0.4 is 10.5 Å². The zero-order valence-electron chi connectivity index (χ0n) is 23.3. The fourth-order valence-electron chi connectivity index (χ4n) is 4.02. The van der Waals surface area contributed by atoms with E-state index in [1.54, 1.807) is 26.0 Å². The van der Waals surface area contributed by atoms with Crippen molar-refractivity contribution in [2.45, 2.75) is 44.2 Å². The van der Waals surface area contributed by atoms with Gasteiger partial charge in [-0.3, -0.25) is 9.59 Å². The second kappa shape index (κ2) is 14.9. The number of carbonyl (C=O) groups is 3. The van der Waals surface area contributed by atoms with E-state index in [1.807, 2.05) is 0 Å². The van der Waals surface area contributed by atoms with E-state index >= 15 is 0 Å². The highest BCUT2D eigenvalue weighted by Gasteiger charge is 2.24. The molecule has 3 rings (SSSR count). The number of nitrogens with one attached hydrogen (secondary N) is 1. The van der Waals surface area contributed by atoms with Crippen LogP contribution in [-0.2, 0) is 30.8 Å². The molecule has 232 valence electrons. The largest absolute Gasteiger partial charge is 0.467 e. The van der Waals surface area contributed by atoms with E-state index in [0.717, 1.165) is 18.2 Å². The Hall–Kier alpha value is -4.01. The minimum atomic E-state index is -4.25. The molecule has 3 aromatic rings. The Balaban J connectivity index is 1.53. The van der Waals surface area contributed by atoms with Gasteiger partial charge in [-0.1, -0.05) is 11.6 Å². The van der Waals surface area contributed by atoms with Gasteiger partial charge in [-0.05, 0) is 56.7 Å². The number of nitrogens with two attached hydrogens (primary N) is 1. The van der Waals surface area contributed by atoms with E-state index in [9.17, 15) is 31.6 Å². The van der Waals surface area contributed by atoms with Crippen molar-refractivity contribution >= 4 is 45.2 Å². The molecule has 0 spiro atoms. The molecular weight excluding hydrogens is 612 g/mol. The SMILES string of the molecule is CCN(C(=O)c1cc(F)cc(F)c1)[C@H](C)COC(=O)CCCOC(=O)c1cc(S(N)(=O)=O)c(Cl)cc1NCc1ccco1. The smallest absolute Gasteiger partial charge is 0.340 e. The summed E-state index contributed by atoms with van der Waals surface area (Å²) in [5.74, 6) is -3.39. The summed E-state index contributed by atoms with van der Waals surface area (Å²) in [6, 6.07) is 7.49. The number of carbonyl (C=O) groups excluding carboxylic acids is 3. The number of ether oxygens (including phenoxy) is 2. The fourth-order valence-corrected chi connectivity index (χ4v) is 5.11. The molecule has 0 saturated carbocycles. The number of furan rings is 1. The topological polar surface area (TPSA) is 158 Å². The molecule has 0 radical (unpaired) electrons. The van der Waals surface area contributed by atoms with Crippen LogP contribution >= 0.6 is 11.6 Å². The molecule has 0 bridgehead atoms. The molecule has 0 aliphatic rings. The number of esters is 2. The van der Waals surface area contributed by atoms with Crippen molar-refractivity contribution in [2.75, 3.05) is 25.1 Å². The Morgan fingerprint density at radius 2 is 1.81 bits per heavy atom. The summed E-state index contributed by atoms with van der Waals surface area (Å²) in [5, 5.41) is 7.95. The van der Waals surface area contributed by atoms with Crippen LogP contribution in [0, 0.1) is 11.6 Å². The summed E-state index contributed by atoms with van der Waals surface area (Å²) in [4.78, 5) is 38.7. The standard InChI is InChI=1S/C28H30ClF2N3O8S/c1-3-34(27(36)18-10-19(30)12-20(31)11-18)17(2)16-42-26(35)7-5-9-41-28(37)22-13-25(43(32,38)39)23(29)14-24(22)33-15-21-6-4-8-40-21/h4,6,8,10-14,17,33H,3,5,7,9,15-16H2,1-2H3,(H2,32,38,39)/t17-/m1/s1. The van der Waals surface area contributed by atoms with Gasteiger partial charge in [-0.25, -0.2) is 27.1 Å². The van der Waals surface area contributed by atoms with E-state index in [0.29, 0.717) is 11.8 Å². The molecular formula is C28H30ClF2N3O8S. The van der Waals surface area contributed by atoms with Gasteiger partial charge in [0.25, 0.3) is 5.91 Å². The van der Waals surface area contributed by atoms with Crippen molar-refractivity contribution in [1.82, 2.24) is 4.90 Å². The molecule has 0 aliphatic carbocycles. The molecule has 0 saturated heterocycles. The third kappa shape index (κ3) is 9.49. The minimum absolute atomic E-state index is 0.0722. The number of hydrogen-bond donors (Lipinski definition) is 2. The fraction of sp³-hybridized carbons (Fsp3) is 0.321. The summed E-state index contributed by atoms with van der Waals surface area (Å²) in [5.41, 5.74) is -0.155. The van der Waals surface area contributed by atoms with Crippen LogP contribution in [-0.4, -0.2) is 57.0 Å². The molecule has 1 heterocycles. The summed E-state index contributed by atoms with van der Waals surface area (Å²) in [6.45, 7) is 3.25. The first-order chi connectivity index (χ1) is 20.3. The maximum atomic E-state index is 13.5. The maximum absolute atomic E-state index is 13.5. The normalized spacial score (nSPS) is 12.0. The minimum Gasteiger partial charge on any atom is -0.467 e. The van der Waals surface area contributed by atoms with Crippen LogP contribution in [0.5, 0.6) is 0 Å². The average molecular weight is 642 g/mol. The molecule has 1 atom stereocenters. The second-order valence-corrected chi connectivity index (χ2v) is 11.3. The van der Waals surface area contributed by atoms with Gasteiger partial charge in [0, 0.05) is 24.6 Å². The zero-order chi connectivity index (χ0) is 31.7. The van der Waals surface area contributed by atoms with E-state index < -0.39 is 50.4 Å². The van der Waals surface area contributed by atoms with Gasteiger partial charge in [0.1, 0.15) is 28.9 Å². The first kappa shape index (κ1) is 33.5. The van der Waals surface area contributed by atoms with Crippen LogP contribution in [0.3, 0.4) is 0 Å². The molecule has 0 unspecified atom stereocenters. The van der Waals surface area contributed by atoms with Gasteiger partial charge >= 0.3 is 11.9 Å².